The summed E-state index contributed by atoms with van der Waals surface area (Å²) < 4.78 is 0. The molecule has 0 saturated heterocycles. The lowest BCUT2D eigenvalue weighted by atomic mass is 10.2. The highest BCUT2D eigenvalue weighted by atomic mass is 16.6. The van der Waals surface area contributed by atoms with Crippen molar-refractivity contribution in [3.05, 3.63) is 70.1 Å². The van der Waals surface area contributed by atoms with E-state index < -0.39 is 11.5 Å². The van der Waals surface area contributed by atoms with Gasteiger partial charge in [-0.2, -0.15) is 0 Å². The van der Waals surface area contributed by atoms with Crippen LogP contribution in [0.15, 0.2) is 53.5 Å². The first kappa shape index (κ1) is 12.1. The van der Waals surface area contributed by atoms with E-state index in [-0.39, 0.29) is 12.2 Å². The molecule has 92 valence electrons. The second-order valence-electron chi connectivity index (χ2n) is 3.62. The van der Waals surface area contributed by atoms with Crippen molar-refractivity contribution in [1.82, 2.24) is 10.5 Å². The number of carbonyl (C=O) groups is 1. The standard InChI is InChI=1S/C13H12N2O3/c16-12-11(7-4-8-14-12)13(17)15-18-9-10-5-2-1-3-6-10/h1-8H,9H2,(H,14,16)(H,15,17). The number of H-pyrrole nitrogens is 1. The van der Waals surface area contributed by atoms with Crippen LogP contribution in [0, 0.1) is 0 Å². The Morgan fingerprint density at radius 1 is 1.17 bits per heavy atom. The Morgan fingerprint density at radius 2 is 1.94 bits per heavy atom. The Bertz CT molecular complexity index is 578. The summed E-state index contributed by atoms with van der Waals surface area (Å²) >= 11 is 0. The van der Waals surface area contributed by atoms with Crippen molar-refractivity contribution in [1.29, 1.82) is 0 Å². The molecule has 1 heterocycles. The SMILES string of the molecule is O=C(NOCc1ccccc1)c1ccc[nH]c1=O. The maximum Gasteiger partial charge on any atom is 0.280 e. The van der Waals surface area contributed by atoms with Crippen LogP contribution in [-0.4, -0.2) is 10.9 Å². The number of pyridine rings is 1. The monoisotopic (exact) mass is 244 g/mol. The number of carbonyl (C=O) groups excluding carboxylic acids is 1. The minimum atomic E-state index is -0.562. The Balaban J connectivity index is 1.90. The van der Waals surface area contributed by atoms with Crippen LogP contribution in [0.25, 0.3) is 0 Å². The molecule has 1 aromatic carbocycles. The number of hydrogen-bond acceptors (Lipinski definition) is 3. The summed E-state index contributed by atoms with van der Waals surface area (Å²) in [5.74, 6) is -0.562. The highest BCUT2D eigenvalue weighted by Crippen LogP contribution is 1.99. The fourth-order valence-corrected chi connectivity index (χ4v) is 1.41. The van der Waals surface area contributed by atoms with Crippen LogP contribution >= 0.6 is 0 Å². The van der Waals surface area contributed by atoms with E-state index in [1.807, 2.05) is 30.3 Å². The predicted molar refractivity (Wildman–Crippen MR) is 65.8 cm³/mol. The van der Waals surface area contributed by atoms with Crippen molar-refractivity contribution >= 4 is 5.91 Å². The third-order valence-electron chi connectivity index (χ3n) is 2.31. The molecule has 0 bridgehead atoms. The maximum absolute atomic E-state index is 11.6. The summed E-state index contributed by atoms with van der Waals surface area (Å²) in [7, 11) is 0. The highest BCUT2D eigenvalue weighted by Gasteiger charge is 2.08. The van der Waals surface area contributed by atoms with E-state index in [4.69, 9.17) is 4.84 Å². The van der Waals surface area contributed by atoms with Gasteiger partial charge in [0.15, 0.2) is 0 Å². The molecule has 2 aromatic rings. The van der Waals surface area contributed by atoms with Crippen LogP contribution in [0.1, 0.15) is 15.9 Å². The molecule has 0 fully saturated rings. The first-order valence-electron chi connectivity index (χ1n) is 5.41. The molecule has 0 atom stereocenters. The number of aromatic amines is 1. The molecule has 0 aliphatic rings. The van der Waals surface area contributed by atoms with Crippen molar-refractivity contribution in [2.75, 3.05) is 0 Å². The van der Waals surface area contributed by atoms with Crippen LogP contribution in [0.2, 0.25) is 0 Å². The topological polar surface area (TPSA) is 71.2 Å². The molecule has 0 unspecified atom stereocenters. The van der Waals surface area contributed by atoms with Crippen LogP contribution in [0.3, 0.4) is 0 Å². The van der Waals surface area contributed by atoms with Gasteiger partial charge in [0.2, 0.25) is 0 Å². The molecular formula is C13H12N2O3. The first-order valence-corrected chi connectivity index (χ1v) is 5.41. The molecule has 1 amide bonds. The second-order valence-corrected chi connectivity index (χ2v) is 3.62. The van der Waals surface area contributed by atoms with Gasteiger partial charge in [-0.15, -0.1) is 0 Å². The van der Waals surface area contributed by atoms with Crippen molar-refractivity contribution in [3.63, 3.8) is 0 Å². The average Bonchev–Trinajstić information content (AvgIpc) is 2.40. The third kappa shape index (κ3) is 3.05. The van der Waals surface area contributed by atoms with E-state index in [2.05, 4.69) is 10.5 Å². The minimum absolute atomic E-state index is 0.0190. The van der Waals surface area contributed by atoms with E-state index in [9.17, 15) is 9.59 Å². The lowest BCUT2D eigenvalue weighted by Crippen LogP contribution is -2.29. The number of nitrogens with one attached hydrogen (secondary N) is 2. The molecule has 1 aromatic heterocycles. The molecule has 0 aliphatic carbocycles. The van der Waals surface area contributed by atoms with Gasteiger partial charge in [0.1, 0.15) is 5.56 Å². The molecule has 0 saturated carbocycles. The van der Waals surface area contributed by atoms with Gasteiger partial charge in [0.05, 0.1) is 6.61 Å². The summed E-state index contributed by atoms with van der Waals surface area (Å²) in [4.78, 5) is 30.4. The molecule has 0 aliphatic heterocycles. The van der Waals surface area contributed by atoms with Gasteiger partial charge in [-0.3, -0.25) is 14.4 Å². The van der Waals surface area contributed by atoms with E-state index >= 15 is 0 Å². The Morgan fingerprint density at radius 3 is 2.67 bits per heavy atom. The van der Waals surface area contributed by atoms with E-state index in [0.717, 1.165) is 5.56 Å². The third-order valence-corrected chi connectivity index (χ3v) is 2.31. The lowest BCUT2D eigenvalue weighted by molar-refractivity contribution is 0.0232. The zero-order valence-corrected chi connectivity index (χ0v) is 9.55. The maximum atomic E-state index is 11.6. The summed E-state index contributed by atoms with van der Waals surface area (Å²) in [6, 6.07) is 12.4. The second kappa shape index (κ2) is 5.79. The predicted octanol–water partition coefficient (Wildman–Crippen LogP) is 1.24. The molecule has 0 radical (unpaired) electrons. The zero-order valence-electron chi connectivity index (χ0n) is 9.55. The van der Waals surface area contributed by atoms with Gasteiger partial charge in [0, 0.05) is 6.20 Å². The Kier molecular flexibility index (Phi) is 3.88. The van der Waals surface area contributed by atoms with Crippen molar-refractivity contribution in [3.8, 4) is 0 Å². The Hall–Kier alpha value is -2.40. The summed E-state index contributed by atoms with van der Waals surface area (Å²) in [6.07, 6.45) is 1.46. The van der Waals surface area contributed by atoms with Crippen LogP contribution < -0.4 is 11.0 Å². The molecule has 2 rings (SSSR count). The molecule has 2 N–H and O–H groups in total. The number of hydrogen-bond donors (Lipinski definition) is 2. The fourth-order valence-electron chi connectivity index (χ4n) is 1.41. The smallest absolute Gasteiger partial charge is 0.280 e. The normalized spacial score (nSPS) is 10.0. The molecule has 5 heteroatoms. The van der Waals surface area contributed by atoms with E-state index in [1.165, 1.54) is 12.3 Å². The van der Waals surface area contributed by atoms with E-state index in [0.29, 0.717) is 0 Å². The molecule has 18 heavy (non-hydrogen) atoms. The van der Waals surface area contributed by atoms with Crippen LogP contribution in [0.4, 0.5) is 0 Å². The lowest BCUT2D eigenvalue weighted by Gasteiger charge is -2.05. The number of hydroxylamine groups is 1. The van der Waals surface area contributed by atoms with Crippen molar-refractivity contribution in [2.45, 2.75) is 6.61 Å². The number of aromatic nitrogens is 1. The van der Waals surface area contributed by atoms with Crippen LogP contribution in [0.5, 0.6) is 0 Å². The Labute approximate surface area is 103 Å². The largest absolute Gasteiger partial charge is 0.328 e. The quantitative estimate of drug-likeness (QED) is 0.795. The summed E-state index contributed by atoms with van der Waals surface area (Å²) in [5.41, 5.74) is 2.73. The molecule has 0 spiro atoms. The van der Waals surface area contributed by atoms with Gasteiger partial charge in [-0.05, 0) is 17.7 Å². The number of amides is 1. The zero-order chi connectivity index (χ0) is 12.8. The highest BCUT2D eigenvalue weighted by molar-refractivity contribution is 5.92. The van der Waals surface area contributed by atoms with Crippen LogP contribution in [-0.2, 0) is 11.4 Å². The minimum Gasteiger partial charge on any atom is -0.328 e. The number of benzene rings is 1. The summed E-state index contributed by atoms with van der Waals surface area (Å²) in [6.45, 7) is 0.247. The van der Waals surface area contributed by atoms with E-state index in [1.54, 1.807) is 6.07 Å². The van der Waals surface area contributed by atoms with Gasteiger partial charge < -0.3 is 4.98 Å². The first-order chi connectivity index (χ1) is 8.77. The number of rotatable bonds is 4. The van der Waals surface area contributed by atoms with Gasteiger partial charge in [-0.25, -0.2) is 5.48 Å². The van der Waals surface area contributed by atoms with Gasteiger partial charge >= 0.3 is 0 Å². The van der Waals surface area contributed by atoms with Crippen molar-refractivity contribution < 1.29 is 9.63 Å². The average molecular weight is 244 g/mol. The fraction of sp³-hybridized carbons (Fsp3) is 0.0769. The van der Waals surface area contributed by atoms with Gasteiger partial charge in [0.25, 0.3) is 11.5 Å². The molecule has 5 nitrogen and oxygen atoms in total. The van der Waals surface area contributed by atoms with Gasteiger partial charge in [-0.1, -0.05) is 30.3 Å². The molecular weight excluding hydrogens is 232 g/mol. The van der Waals surface area contributed by atoms with Crippen molar-refractivity contribution in [2.24, 2.45) is 0 Å². The summed E-state index contributed by atoms with van der Waals surface area (Å²) in [5, 5.41) is 0.